The van der Waals surface area contributed by atoms with E-state index in [0.717, 1.165) is 26.9 Å². The summed E-state index contributed by atoms with van der Waals surface area (Å²) in [5, 5.41) is 0. The molecule has 1 rings (SSSR count). The van der Waals surface area contributed by atoms with Crippen molar-refractivity contribution in [3.8, 4) is 0 Å². The van der Waals surface area contributed by atoms with E-state index >= 15 is 0 Å². The van der Waals surface area contributed by atoms with E-state index in [-0.39, 0.29) is 0 Å². The summed E-state index contributed by atoms with van der Waals surface area (Å²) in [6.45, 7) is 8.17. The maximum Gasteiger partial charge on any atom is 0.0494 e. The quantitative estimate of drug-likeness (QED) is 0.597. The smallest absolute Gasteiger partial charge is 0.0494 e. The Hall–Kier alpha value is -0.980. The van der Waals surface area contributed by atoms with Gasteiger partial charge in [0.25, 0.3) is 0 Å². The summed E-state index contributed by atoms with van der Waals surface area (Å²) >= 11 is 3.45. The van der Waals surface area contributed by atoms with Crippen molar-refractivity contribution in [1.29, 1.82) is 0 Å². The number of hydrogen-bond donors (Lipinski definition) is 1. The molecule has 0 saturated heterocycles. The monoisotopic (exact) mass is 265 g/mol. The Morgan fingerprint density at radius 1 is 1.40 bits per heavy atom. The number of allylic oxidation sites excluding steroid dienone is 1. The van der Waals surface area contributed by atoms with Crippen LogP contribution >= 0.6 is 15.9 Å². The van der Waals surface area contributed by atoms with Gasteiger partial charge in [-0.2, -0.15) is 0 Å². The summed E-state index contributed by atoms with van der Waals surface area (Å²) in [4.78, 5) is 0. The number of nitrogens with two attached hydrogens (primary N) is 1. The molecule has 0 radical (unpaired) electrons. The van der Waals surface area contributed by atoms with Crippen molar-refractivity contribution in [2.45, 2.75) is 27.7 Å². The summed E-state index contributed by atoms with van der Waals surface area (Å²) in [6.07, 6.45) is 2.00. The predicted molar refractivity (Wildman–Crippen MR) is 70.9 cm³/mol. The molecule has 0 atom stereocenters. The normalized spacial score (nSPS) is 9.67. The van der Waals surface area contributed by atoms with Crippen molar-refractivity contribution in [1.82, 2.24) is 0 Å². The zero-order valence-corrected chi connectivity index (χ0v) is 11.2. The molecule has 0 aromatic heterocycles. The number of hydrogen-bond acceptors (Lipinski definition) is 1. The Labute approximate surface area is 99.8 Å². The Kier molecular flexibility index (Phi) is 3.78. The summed E-state index contributed by atoms with van der Waals surface area (Å²) in [6, 6.07) is 2.04. The van der Waals surface area contributed by atoms with Crippen LogP contribution in [0.5, 0.6) is 0 Å². The zero-order chi connectivity index (χ0) is 11.6. The van der Waals surface area contributed by atoms with Crippen LogP contribution in [0.2, 0.25) is 0 Å². The van der Waals surface area contributed by atoms with Crippen molar-refractivity contribution in [3.63, 3.8) is 0 Å². The molecule has 0 heterocycles. The van der Waals surface area contributed by atoms with E-state index in [1.807, 2.05) is 32.9 Å². The second-order valence-electron chi connectivity index (χ2n) is 3.92. The molecule has 0 amide bonds. The van der Waals surface area contributed by atoms with Crippen LogP contribution in [0.3, 0.4) is 0 Å². The lowest BCUT2D eigenvalue weighted by atomic mass is 10.0. The van der Waals surface area contributed by atoms with Crippen LogP contribution in [0.25, 0.3) is 6.08 Å². The molecule has 1 aromatic rings. The van der Waals surface area contributed by atoms with Crippen LogP contribution in [0, 0.1) is 13.8 Å². The minimum absolute atomic E-state index is 0.808. The highest BCUT2D eigenvalue weighted by molar-refractivity contribution is 9.10. The van der Waals surface area contributed by atoms with Gasteiger partial charge in [-0.1, -0.05) is 0 Å². The summed E-state index contributed by atoms with van der Waals surface area (Å²) in [5.74, 6) is 0. The molecule has 0 aliphatic rings. The number of halogens is 1. The molecule has 1 nitrogen and oxygen atoms in total. The minimum Gasteiger partial charge on any atom is -0.398 e. The van der Waals surface area contributed by atoms with Crippen molar-refractivity contribution in [2.75, 3.05) is 5.73 Å². The van der Waals surface area contributed by atoms with E-state index < -0.39 is 0 Å². The van der Waals surface area contributed by atoms with Crippen molar-refractivity contribution in [3.05, 3.63) is 38.5 Å². The Bertz CT molecular complexity index is 448. The first kappa shape index (κ1) is 12.1. The second kappa shape index (κ2) is 4.69. The van der Waals surface area contributed by atoms with Crippen LogP contribution in [0.4, 0.5) is 5.69 Å². The molecule has 0 saturated carbocycles. The van der Waals surface area contributed by atoms with E-state index in [2.05, 4.69) is 28.6 Å². The lowest BCUT2D eigenvalue weighted by molar-refractivity contribution is 1.34. The minimum atomic E-state index is 0.808. The predicted octanol–water partition coefficient (Wildman–Crippen LogP) is 4.23. The van der Waals surface area contributed by atoms with Gasteiger partial charge in [-0.05, 0) is 78.0 Å². The van der Waals surface area contributed by atoms with Gasteiger partial charge in [-0.3, -0.25) is 0 Å². The van der Waals surface area contributed by atoms with Gasteiger partial charge >= 0.3 is 0 Å². The Morgan fingerprint density at radius 3 is 2.53 bits per heavy atom. The summed E-state index contributed by atoms with van der Waals surface area (Å²) < 4.78 is 0.965. The molecule has 1 aromatic carbocycles. The van der Waals surface area contributed by atoms with Gasteiger partial charge in [0.2, 0.25) is 0 Å². The van der Waals surface area contributed by atoms with Gasteiger partial charge in [-0.25, -0.2) is 0 Å². The van der Waals surface area contributed by atoms with Crippen molar-refractivity contribution < 1.29 is 0 Å². The fourth-order valence-electron chi connectivity index (χ4n) is 1.40. The third-order valence-corrected chi connectivity index (χ3v) is 2.99. The van der Waals surface area contributed by atoms with Gasteiger partial charge < -0.3 is 5.73 Å². The molecular formula is C13H16BrN. The van der Waals surface area contributed by atoms with Crippen molar-refractivity contribution >= 4 is 27.7 Å². The molecule has 80 valence electrons. The molecular weight excluding hydrogens is 250 g/mol. The molecule has 0 bridgehead atoms. The Balaban J connectivity index is 3.43. The van der Waals surface area contributed by atoms with Gasteiger partial charge in [0, 0.05) is 10.2 Å². The van der Waals surface area contributed by atoms with E-state index in [0.29, 0.717) is 0 Å². The maximum absolute atomic E-state index is 5.96. The molecule has 0 aliphatic carbocycles. The van der Waals surface area contributed by atoms with E-state index in [1.165, 1.54) is 5.56 Å². The van der Waals surface area contributed by atoms with Gasteiger partial charge in [0.15, 0.2) is 0 Å². The molecule has 2 N–H and O–H groups in total. The third kappa shape index (κ3) is 2.74. The molecule has 0 aliphatic heterocycles. The fraction of sp³-hybridized carbons (Fsp3) is 0.308. The van der Waals surface area contributed by atoms with Crippen LogP contribution in [-0.2, 0) is 0 Å². The number of rotatable bonds is 1. The highest BCUT2D eigenvalue weighted by Gasteiger charge is 2.06. The first-order valence-corrected chi connectivity index (χ1v) is 5.68. The molecule has 15 heavy (non-hydrogen) atoms. The molecule has 0 unspecified atom stereocenters. The number of aryl methyl sites for hydroxylation is 1. The molecule has 0 spiro atoms. The lowest BCUT2D eigenvalue weighted by Crippen LogP contribution is -1.96. The molecule has 0 fully saturated rings. The summed E-state index contributed by atoms with van der Waals surface area (Å²) in [7, 11) is 0. The van der Waals surface area contributed by atoms with E-state index in [4.69, 9.17) is 5.73 Å². The van der Waals surface area contributed by atoms with E-state index in [1.54, 1.807) is 0 Å². The lowest BCUT2D eigenvalue weighted by Gasteiger charge is -2.09. The maximum atomic E-state index is 5.96. The topological polar surface area (TPSA) is 26.0 Å². The average molecular weight is 266 g/mol. The van der Waals surface area contributed by atoms with Crippen LogP contribution < -0.4 is 5.73 Å². The third-order valence-electron chi connectivity index (χ3n) is 2.34. The first-order chi connectivity index (χ1) is 6.93. The van der Waals surface area contributed by atoms with Gasteiger partial charge in [0.1, 0.15) is 0 Å². The SMILES string of the molecule is CC(C)=C=Cc1c(C)cc(Br)c(N)c1C. The van der Waals surface area contributed by atoms with Crippen LogP contribution in [-0.4, -0.2) is 0 Å². The highest BCUT2D eigenvalue weighted by atomic mass is 79.9. The number of nitrogen functional groups attached to an aromatic ring is 1. The first-order valence-electron chi connectivity index (χ1n) is 4.88. The molecule has 2 heteroatoms. The van der Waals surface area contributed by atoms with Crippen molar-refractivity contribution in [2.24, 2.45) is 0 Å². The fourth-order valence-corrected chi connectivity index (χ4v) is 2.04. The number of anilines is 1. The summed E-state index contributed by atoms with van der Waals surface area (Å²) in [5.41, 5.74) is 14.6. The second-order valence-corrected chi connectivity index (χ2v) is 4.77. The Morgan fingerprint density at radius 2 is 2.00 bits per heavy atom. The van der Waals surface area contributed by atoms with Gasteiger partial charge in [0.05, 0.1) is 0 Å². The van der Waals surface area contributed by atoms with E-state index in [9.17, 15) is 0 Å². The number of benzene rings is 1. The highest BCUT2D eigenvalue weighted by Crippen LogP contribution is 2.29. The zero-order valence-electron chi connectivity index (χ0n) is 9.61. The average Bonchev–Trinajstić information content (AvgIpc) is 2.14. The van der Waals surface area contributed by atoms with Crippen LogP contribution in [0.15, 0.2) is 21.8 Å². The standard InChI is InChI=1S/C13H16BrN/c1-8(2)5-6-11-9(3)7-12(14)13(15)10(11)4/h6-7H,15H2,1-4H3. The van der Waals surface area contributed by atoms with Crippen LogP contribution in [0.1, 0.15) is 30.5 Å². The van der Waals surface area contributed by atoms with Gasteiger partial charge in [-0.15, -0.1) is 5.73 Å². The largest absolute Gasteiger partial charge is 0.398 e.